The van der Waals surface area contributed by atoms with Gasteiger partial charge in [-0.25, -0.2) is 4.79 Å². The van der Waals surface area contributed by atoms with Crippen LogP contribution in [0.1, 0.15) is 30.0 Å². The lowest BCUT2D eigenvalue weighted by Crippen LogP contribution is -2.36. The third kappa shape index (κ3) is 2.98. The van der Waals surface area contributed by atoms with E-state index in [9.17, 15) is 4.79 Å². The second kappa shape index (κ2) is 5.82. The summed E-state index contributed by atoms with van der Waals surface area (Å²) in [6.45, 7) is 1.31. The molecule has 2 rings (SSSR count). The molecule has 0 aliphatic carbocycles. The van der Waals surface area contributed by atoms with Crippen molar-refractivity contribution in [1.82, 2.24) is 9.88 Å². The Morgan fingerprint density at radius 1 is 1.39 bits per heavy atom. The molecule has 1 fully saturated rings. The van der Waals surface area contributed by atoms with E-state index in [0.29, 0.717) is 25.4 Å². The fraction of sp³-hybridized carbons (Fsp3) is 0.538. The van der Waals surface area contributed by atoms with Crippen LogP contribution in [-0.2, 0) is 6.42 Å². The summed E-state index contributed by atoms with van der Waals surface area (Å²) in [6, 6.07) is 3.98. The number of aliphatic hydroxyl groups is 1. The molecule has 1 aliphatic rings. The van der Waals surface area contributed by atoms with E-state index in [1.54, 1.807) is 0 Å². The fourth-order valence-corrected chi connectivity index (χ4v) is 2.34. The third-order valence-corrected chi connectivity index (χ3v) is 3.45. The number of carbonyl (C=O) groups is 1. The summed E-state index contributed by atoms with van der Waals surface area (Å²) in [5.74, 6) is 0.399. The second-order valence-electron chi connectivity index (χ2n) is 4.60. The molecule has 18 heavy (non-hydrogen) atoms. The highest BCUT2D eigenvalue weighted by molar-refractivity contribution is 5.65. The summed E-state index contributed by atoms with van der Waals surface area (Å²) < 4.78 is 0. The van der Waals surface area contributed by atoms with Gasteiger partial charge in [0.25, 0.3) is 0 Å². The Morgan fingerprint density at radius 2 is 2.11 bits per heavy atom. The summed E-state index contributed by atoms with van der Waals surface area (Å²) in [4.78, 5) is 16.6. The summed E-state index contributed by atoms with van der Waals surface area (Å²) in [6.07, 6.45) is 3.31. The molecule has 0 bridgehead atoms. The summed E-state index contributed by atoms with van der Waals surface area (Å²) >= 11 is 0. The van der Waals surface area contributed by atoms with Crippen LogP contribution in [0.4, 0.5) is 4.79 Å². The minimum atomic E-state index is -0.829. The Balaban J connectivity index is 1.95. The highest BCUT2D eigenvalue weighted by Crippen LogP contribution is 2.27. The second-order valence-corrected chi connectivity index (χ2v) is 4.60. The maximum atomic E-state index is 10.8. The van der Waals surface area contributed by atoms with E-state index in [1.807, 2.05) is 18.3 Å². The predicted octanol–water partition coefficient (Wildman–Crippen LogP) is 1.47. The van der Waals surface area contributed by atoms with Gasteiger partial charge in [0.15, 0.2) is 0 Å². The molecule has 0 saturated carbocycles. The van der Waals surface area contributed by atoms with E-state index in [1.165, 1.54) is 10.5 Å². The Morgan fingerprint density at radius 3 is 2.61 bits per heavy atom. The normalized spacial score (nSPS) is 16.8. The number of carboxylic acid groups (broad SMARTS) is 1. The van der Waals surface area contributed by atoms with Crippen LogP contribution in [0.15, 0.2) is 18.3 Å². The molecule has 0 spiro atoms. The number of amides is 1. The molecule has 98 valence electrons. The highest BCUT2D eigenvalue weighted by Gasteiger charge is 2.23. The zero-order valence-electron chi connectivity index (χ0n) is 10.2. The van der Waals surface area contributed by atoms with Gasteiger partial charge in [0.05, 0.1) is 0 Å². The van der Waals surface area contributed by atoms with E-state index in [-0.39, 0.29) is 6.61 Å². The molecule has 1 aromatic rings. The molecule has 0 radical (unpaired) electrons. The monoisotopic (exact) mass is 250 g/mol. The van der Waals surface area contributed by atoms with Crippen LogP contribution in [0.3, 0.4) is 0 Å². The predicted molar refractivity (Wildman–Crippen MR) is 66.6 cm³/mol. The Kier molecular flexibility index (Phi) is 4.15. The molecule has 5 nitrogen and oxygen atoms in total. The SMILES string of the molecule is O=C(O)N1CCC(c2ccc(CCO)nc2)CC1. The number of likely N-dealkylation sites (tertiary alicyclic amines) is 1. The Hall–Kier alpha value is -1.62. The van der Waals surface area contributed by atoms with Gasteiger partial charge >= 0.3 is 6.09 Å². The van der Waals surface area contributed by atoms with Crippen molar-refractivity contribution < 1.29 is 15.0 Å². The summed E-state index contributed by atoms with van der Waals surface area (Å²) in [7, 11) is 0. The van der Waals surface area contributed by atoms with Crippen molar-refractivity contribution in [2.45, 2.75) is 25.2 Å². The zero-order chi connectivity index (χ0) is 13.0. The van der Waals surface area contributed by atoms with Crippen molar-refractivity contribution in [3.63, 3.8) is 0 Å². The molecule has 1 aromatic heterocycles. The molecule has 1 saturated heterocycles. The molecule has 2 heterocycles. The third-order valence-electron chi connectivity index (χ3n) is 3.45. The van der Waals surface area contributed by atoms with Crippen LogP contribution >= 0.6 is 0 Å². The molecule has 0 atom stereocenters. The van der Waals surface area contributed by atoms with Gasteiger partial charge in [-0.05, 0) is 30.4 Å². The molecule has 2 N–H and O–H groups in total. The van der Waals surface area contributed by atoms with Gasteiger partial charge in [-0.2, -0.15) is 0 Å². The van der Waals surface area contributed by atoms with Gasteiger partial charge in [-0.3, -0.25) is 4.98 Å². The summed E-state index contributed by atoms with van der Waals surface area (Å²) in [5, 5.41) is 17.7. The van der Waals surface area contributed by atoms with Crippen molar-refractivity contribution in [2.75, 3.05) is 19.7 Å². The largest absolute Gasteiger partial charge is 0.465 e. The van der Waals surface area contributed by atoms with E-state index in [4.69, 9.17) is 10.2 Å². The quantitative estimate of drug-likeness (QED) is 0.852. The minimum Gasteiger partial charge on any atom is -0.465 e. The van der Waals surface area contributed by atoms with Crippen molar-refractivity contribution in [2.24, 2.45) is 0 Å². The smallest absolute Gasteiger partial charge is 0.407 e. The highest BCUT2D eigenvalue weighted by atomic mass is 16.4. The number of nitrogens with zero attached hydrogens (tertiary/aromatic N) is 2. The van der Waals surface area contributed by atoms with Crippen LogP contribution in [0.5, 0.6) is 0 Å². The lowest BCUT2D eigenvalue weighted by molar-refractivity contribution is 0.132. The lowest BCUT2D eigenvalue weighted by Gasteiger charge is -2.30. The molecule has 0 unspecified atom stereocenters. The summed E-state index contributed by atoms with van der Waals surface area (Å²) in [5.41, 5.74) is 2.06. The average Bonchev–Trinajstić information content (AvgIpc) is 2.40. The van der Waals surface area contributed by atoms with Gasteiger partial charge in [0.2, 0.25) is 0 Å². The number of piperidine rings is 1. The van der Waals surface area contributed by atoms with E-state index in [2.05, 4.69) is 4.98 Å². The van der Waals surface area contributed by atoms with Crippen LogP contribution in [0.25, 0.3) is 0 Å². The molecule has 5 heteroatoms. The van der Waals surface area contributed by atoms with Crippen LogP contribution in [-0.4, -0.2) is 45.9 Å². The number of aliphatic hydroxyl groups excluding tert-OH is 1. The number of pyridine rings is 1. The Bertz CT molecular complexity index is 397. The van der Waals surface area contributed by atoms with Gasteiger partial charge in [-0.15, -0.1) is 0 Å². The van der Waals surface area contributed by atoms with Gasteiger partial charge in [0.1, 0.15) is 0 Å². The lowest BCUT2D eigenvalue weighted by atomic mass is 9.90. The number of aromatic nitrogens is 1. The average molecular weight is 250 g/mol. The number of hydrogen-bond donors (Lipinski definition) is 2. The molecular weight excluding hydrogens is 232 g/mol. The van der Waals surface area contributed by atoms with Crippen molar-refractivity contribution in [3.8, 4) is 0 Å². The van der Waals surface area contributed by atoms with Crippen LogP contribution in [0, 0.1) is 0 Å². The molecular formula is C13H18N2O3. The van der Waals surface area contributed by atoms with Gasteiger partial charge < -0.3 is 15.1 Å². The van der Waals surface area contributed by atoms with Crippen molar-refractivity contribution >= 4 is 6.09 Å². The fourth-order valence-electron chi connectivity index (χ4n) is 2.34. The molecule has 0 aromatic carbocycles. The van der Waals surface area contributed by atoms with Crippen molar-refractivity contribution in [3.05, 3.63) is 29.6 Å². The minimum absolute atomic E-state index is 0.114. The van der Waals surface area contributed by atoms with Crippen molar-refractivity contribution in [1.29, 1.82) is 0 Å². The first kappa shape index (κ1) is 12.8. The first-order chi connectivity index (χ1) is 8.70. The maximum absolute atomic E-state index is 10.8. The zero-order valence-corrected chi connectivity index (χ0v) is 10.2. The number of rotatable bonds is 3. The first-order valence-corrected chi connectivity index (χ1v) is 6.24. The molecule has 1 aliphatic heterocycles. The van der Waals surface area contributed by atoms with Gasteiger partial charge in [-0.1, -0.05) is 6.07 Å². The van der Waals surface area contributed by atoms with E-state index in [0.717, 1.165) is 18.5 Å². The van der Waals surface area contributed by atoms with Crippen LogP contribution in [0.2, 0.25) is 0 Å². The Labute approximate surface area is 106 Å². The van der Waals surface area contributed by atoms with Crippen LogP contribution < -0.4 is 0 Å². The standard InChI is InChI=1S/C13H18N2O3/c16-8-5-12-2-1-11(9-14-12)10-3-6-15(7-4-10)13(17)18/h1-2,9-10,16H,3-8H2,(H,17,18). The van der Waals surface area contributed by atoms with Gasteiger partial charge in [0, 0.05) is 38.0 Å². The molecule has 1 amide bonds. The topological polar surface area (TPSA) is 73.7 Å². The van der Waals surface area contributed by atoms with E-state index >= 15 is 0 Å². The first-order valence-electron chi connectivity index (χ1n) is 6.24. The van der Waals surface area contributed by atoms with E-state index < -0.39 is 6.09 Å². The number of hydrogen-bond acceptors (Lipinski definition) is 3. The maximum Gasteiger partial charge on any atom is 0.407 e.